The molecular formula is C42H68N2O5. The molecule has 6 rings (SSSR count). The molecule has 0 spiro atoms. The zero-order valence-corrected chi connectivity index (χ0v) is 32.2. The van der Waals surface area contributed by atoms with E-state index in [1.807, 2.05) is 0 Å². The van der Waals surface area contributed by atoms with Gasteiger partial charge in [-0.05, 0) is 149 Å². The summed E-state index contributed by atoms with van der Waals surface area (Å²) in [4.78, 5) is 41.0. The number of likely N-dealkylation sites (tertiary alicyclic amines) is 1. The number of nitrogens with two attached hydrogens (primary N) is 1. The molecule has 6 aliphatic rings. The molecule has 7 heteroatoms. The number of carbonyl (C=O) groups is 3. The van der Waals surface area contributed by atoms with Gasteiger partial charge in [0.15, 0.2) is 0 Å². The summed E-state index contributed by atoms with van der Waals surface area (Å²) in [6, 6.07) is 0.208. The summed E-state index contributed by atoms with van der Waals surface area (Å²) in [5.41, 5.74) is 6.72. The summed E-state index contributed by atoms with van der Waals surface area (Å²) in [6.07, 6.45) is 13.8. The smallest absolute Gasteiger partial charge is 0.309 e. The van der Waals surface area contributed by atoms with Gasteiger partial charge in [0.1, 0.15) is 6.10 Å². The molecule has 7 nitrogen and oxygen atoms in total. The lowest BCUT2D eigenvalue weighted by molar-refractivity contribution is -0.250. The van der Waals surface area contributed by atoms with Crippen LogP contribution in [-0.4, -0.2) is 53.1 Å². The van der Waals surface area contributed by atoms with Crippen molar-refractivity contribution in [3.8, 4) is 0 Å². The fourth-order valence-electron chi connectivity index (χ4n) is 14.2. The lowest BCUT2D eigenvalue weighted by atomic mass is 9.32. The van der Waals surface area contributed by atoms with E-state index >= 15 is 0 Å². The summed E-state index contributed by atoms with van der Waals surface area (Å²) < 4.78 is 6.18. The van der Waals surface area contributed by atoms with Crippen LogP contribution in [0.4, 0.5) is 0 Å². The van der Waals surface area contributed by atoms with Crippen LogP contribution in [0, 0.1) is 62.1 Å². The van der Waals surface area contributed by atoms with Crippen LogP contribution >= 0.6 is 0 Å². The Bertz CT molecular complexity index is 1360. The van der Waals surface area contributed by atoms with E-state index in [0.717, 1.165) is 57.9 Å². The zero-order valence-electron chi connectivity index (χ0n) is 32.2. The van der Waals surface area contributed by atoms with Gasteiger partial charge in [0.25, 0.3) is 0 Å². The van der Waals surface area contributed by atoms with E-state index in [4.69, 9.17) is 10.5 Å². The quantitative estimate of drug-likeness (QED) is 0.197. The zero-order chi connectivity index (χ0) is 35.9. The van der Waals surface area contributed by atoms with Gasteiger partial charge in [-0.15, -0.1) is 0 Å². The van der Waals surface area contributed by atoms with Crippen molar-refractivity contribution in [2.45, 2.75) is 157 Å². The molecular weight excluding hydrogens is 612 g/mol. The third kappa shape index (κ3) is 5.55. The second-order valence-electron chi connectivity index (χ2n) is 20.0. The highest BCUT2D eigenvalue weighted by atomic mass is 16.5. The number of hydrogen-bond donors (Lipinski definition) is 2. The van der Waals surface area contributed by atoms with Crippen LogP contribution in [0.2, 0.25) is 0 Å². The predicted molar refractivity (Wildman–Crippen MR) is 193 cm³/mol. The van der Waals surface area contributed by atoms with Gasteiger partial charge in [-0.2, -0.15) is 0 Å². The molecule has 5 saturated carbocycles. The van der Waals surface area contributed by atoms with Crippen molar-refractivity contribution in [1.82, 2.24) is 4.90 Å². The van der Waals surface area contributed by atoms with Crippen molar-refractivity contribution in [3.63, 3.8) is 0 Å². The normalized spacial score (nSPS) is 44.3. The summed E-state index contributed by atoms with van der Waals surface area (Å²) in [7, 11) is 0. The van der Waals surface area contributed by atoms with E-state index in [1.165, 1.54) is 31.3 Å². The molecule has 11 unspecified atom stereocenters. The molecule has 0 aromatic heterocycles. The van der Waals surface area contributed by atoms with Gasteiger partial charge in [0.2, 0.25) is 5.91 Å². The first-order valence-corrected chi connectivity index (χ1v) is 19.9. The van der Waals surface area contributed by atoms with Crippen LogP contribution in [0.15, 0.2) is 12.2 Å². The van der Waals surface area contributed by atoms with Crippen LogP contribution in [0.3, 0.4) is 0 Å². The highest BCUT2D eigenvalue weighted by Gasteiger charge is 2.71. The van der Waals surface area contributed by atoms with Crippen LogP contribution < -0.4 is 5.73 Å². The number of rotatable bonds is 8. The van der Waals surface area contributed by atoms with Crippen LogP contribution in [0.1, 0.15) is 145 Å². The van der Waals surface area contributed by atoms with Crippen LogP contribution in [0.25, 0.3) is 0 Å². The Morgan fingerprint density at radius 3 is 2.27 bits per heavy atom. The molecule has 1 saturated heterocycles. The largest absolute Gasteiger partial charge is 0.481 e. The molecule has 0 aromatic rings. The molecule has 1 heterocycles. The van der Waals surface area contributed by atoms with Gasteiger partial charge in [-0.3, -0.25) is 14.4 Å². The topological polar surface area (TPSA) is 110 Å². The Hall–Kier alpha value is -1.89. The Labute approximate surface area is 296 Å². The minimum atomic E-state index is -1.14. The van der Waals surface area contributed by atoms with Crippen molar-refractivity contribution in [1.29, 1.82) is 0 Å². The first-order valence-electron chi connectivity index (χ1n) is 19.9. The number of fused-ring (bicyclic) bond motifs is 7. The maximum Gasteiger partial charge on any atom is 0.309 e. The molecule has 0 radical (unpaired) electrons. The molecule has 3 N–H and O–H groups in total. The van der Waals surface area contributed by atoms with E-state index in [9.17, 15) is 19.5 Å². The Kier molecular flexibility index (Phi) is 9.31. The van der Waals surface area contributed by atoms with Gasteiger partial charge in [-0.1, -0.05) is 46.8 Å². The number of carbonyl (C=O) groups excluding carboxylic acids is 2. The van der Waals surface area contributed by atoms with Crippen molar-refractivity contribution < 1.29 is 24.2 Å². The summed E-state index contributed by atoms with van der Waals surface area (Å²) in [6.45, 7) is 23.9. The maximum atomic E-state index is 14.1. The number of hydrogen-bond acceptors (Lipinski definition) is 5. The lowest BCUT2D eigenvalue weighted by Crippen LogP contribution is -2.67. The van der Waals surface area contributed by atoms with Crippen LogP contribution in [-0.2, 0) is 19.1 Å². The molecule has 0 aromatic carbocycles. The average molecular weight is 681 g/mol. The van der Waals surface area contributed by atoms with E-state index in [2.05, 4.69) is 53.0 Å². The van der Waals surface area contributed by atoms with E-state index in [1.54, 1.807) is 13.8 Å². The monoisotopic (exact) mass is 681 g/mol. The number of carboxylic acids is 1. The second-order valence-corrected chi connectivity index (χ2v) is 20.0. The number of carboxylic acid groups (broad SMARTS) is 1. The van der Waals surface area contributed by atoms with E-state index in [0.29, 0.717) is 48.5 Å². The fourth-order valence-corrected chi connectivity index (χ4v) is 14.2. The van der Waals surface area contributed by atoms with Crippen molar-refractivity contribution in [2.24, 2.45) is 67.8 Å². The number of aliphatic carboxylic acids is 1. The Morgan fingerprint density at radius 2 is 1.61 bits per heavy atom. The maximum absolute atomic E-state index is 14.1. The van der Waals surface area contributed by atoms with Gasteiger partial charge >= 0.3 is 11.9 Å². The molecule has 11 atom stereocenters. The summed E-state index contributed by atoms with van der Waals surface area (Å²) in [5, 5.41) is 9.60. The van der Waals surface area contributed by atoms with Crippen molar-refractivity contribution >= 4 is 17.8 Å². The van der Waals surface area contributed by atoms with Crippen LogP contribution in [0.5, 0.6) is 0 Å². The highest BCUT2D eigenvalue weighted by molar-refractivity contribution is 5.81. The van der Waals surface area contributed by atoms with Gasteiger partial charge in [0, 0.05) is 31.0 Å². The van der Waals surface area contributed by atoms with Gasteiger partial charge in [0.05, 0.1) is 11.8 Å². The number of allylic oxidation sites excluding steroid dienone is 1. The minimum Gasteiger partial charge on any atom is -0.481 e. The summed E-state index contributed by atoms with van der Waals surface area (Å²) >= 11 is 0. The number of nitrogens with zero attached hydrogens (tertiary/aromatic N) is 1. The Morgan fingerprint density at radius 1 is 0.898 bits per heavy atom. The minimum absolute atomic E-state index is 0.0655. The first-order chi connectivity index (χ1) is 22.8. The predicted octanol–water partition coefficient (Wildman–Crippen LogP) is 8.40. The first kappa shape index (κ1) is 36.9. The van der Waals surface area contributed by atoms with E-state index in [-0.39, 0.29) is 51.6 Å². The molecule has 1 aliphatic heterocycles. The lowest BCUT2D eigenvalue weighted by Gasteiger charge is -2.73. The Balaban J connectivity index is 1.25. The molecule has 49 heavy (non-hydrogen) atoms. The SMILES string of the molecule is C=C(C)C1CCC2(CC(=O)N3CCCC3CN)CCC3(C)C(CCC4C5(C)CCC(OC(=O)CC(C)(C)C(=O)O)C(C)(C)C5CCC43C)C12. The van der Waals surface area contributed by atoms with E-state index < -0.39 is 11.4 Å². The van der Waals surface area contributed by atoms with Gasteiger partial charge < -0.3 is 20.5 Å². The third-order valence-corrected chi connectivity index (χ3v) is 17.1. The third-order valence-electron chi connectivity index (χ3n) is 17.1. The summed E-state index contributed by atoms with van der Waals surface area (Å²) in [5.74, 6) is 1.60. The number of esters is 1. The molecule has 5 aliphatic carbocycles. The molecule has 1 amide bonds. The fraction of sp³-hybridized carbons (Fsp3) is 0.881. The standard InChI is InChI=1S/C42H68N2O5/c1-26(2)28-14-19-42(23-33(45)44-22-10-11-27(44)25-43)21-20-40(8)29(35(28)42)12-13-31-39(7)17-16-32(49-34(46)24-37(3,4)36(47)48)38(5,6)30(39)15-18-41(31,40)9/h27-32,35H,1,10-25,43H2,2-9H3,(H,47,48). The number of amides is 1. The molecule has 0 bridgehead atoms. The number of ether oxygens (including phenoxy) is 1. The second kappa shape index (κ2) is 12.4. The van der Waals surface area contributed by atoms with Crippen molar-refractivity contribution in [2.75, 3.05) is 13.1 Å². The molecule has 6 fully saturated rings. The molecule has 276 valence electrons. The highest BCUT2D eigenvalue weighted by Crippen LogP contribution is 2.78. The average Bonchev–Trinajstić information content (AvgIpc) is 3.64. The van der Waals surface area contributed by atoms with Crippen molar-refractivity contribution in [3.05, 3.63) is 12.2 Å². The van der Waals surface area contributed by atoms with Gasteiger partial charge in [-0.25, -0.2) is 0 Å².